The topological polar surface area (TPSA) is 12.0 Å². The van der Waals surface area contributed by atoms with E-state index in [9.17, 15) is 0 Å². The molecule has 0 aliphatic carbocycles. The Morgan fingerprint density at radius 1 is 1.46 bits per heavy atom. The Morgan fingerprint density at radius 3 is 3.08 bits per heavy atom. The average Bonchev–Trinajstić information content (AvgIpc) is 2.57. The number of nitrogens with one attached hydrogen (secondary N) is 1. The molecule has 0 bridgehead atoms. The zero-order chi connectivity index (χ0) is 9.10. The number of halogens is 1. The van der Waals surface area contributed by atoms with E-state index in [0.717, 1.165) is 0 Å². The van der Waals surface area contributed by atoms with E-state index in [1.165, 1.54) is 27.2 Å². The first kappa shape index (κ1) is 9.65. The van der Waals surface area contributed by atoms with Gasteiger partial charge in [-0.3, -0.25) is 0 Å². The summed E-state index contributed by atoms with van der Waals surface area (Å²) in [6, 6.07) is 9.25. The van der Waals surface area contributed by atoms with Gasteiger partial charge in [0, 0.05) is 21.1 Å². The normalized spacial score (nSPS) is 21.8. The molecule has 1 aromatic rings. The summed E-state index contributed by atoms with van der Waals surface area (Å²) in [5.41, 5.74) is 1.26. The van der Waals surface area contributed by atoms with Crippen molar-refractivity contribution in [2.24, 2.45) is 0 Å². The van der Waals surface area contributed by atoms with Gasteiger partial charge in [-0.05, 0) is 53.0 Å². The molecule has 1 atom stereocenters. The third kappa shape index (κ3) is 2.77. The second kappa shape index (κ2) is 4.55. The second-order valence-corrected chi connectivity index (χ2v) is 5.61. The van der Waals surface area contributed by atoms with Crippen LogP contribution in [0, 0.1) is 3.57 Å². The van der Waals surface area contributed by atoms with E-state index in [1.807, 2.05) is 11.8 Å². The lowest BCUT2D eigenvalue weighted by Crippen LogP contribution is -2.17. The van der Waals surface area contributed by atoms with Gasteiger partial charge in [0.25, 0.3) is 0 Å². The number of anilines is 1. The lowest BCUT2D eigenvalue weighted by molar-refractivity contribution is 0.813. The van der Waals surface area contributed by atoms with Crippen molar-refractivity contribution < 1.29 is 0 Å². The molecule has 0 spiro atoms. The fourth-order valence-corrected chi connectivity index (χ4v) is 3.16. The maximum absolute atomic E-state index is 3.56. The fraction of sp³-hybridized carbons (Fsp3) is 0.400. The molecular formula is C10H12INS. The molecule has 3 heteroatoms. The van der Waals surface area contributed by atoms with Crippen molar-refractivity contribution in [2.75, 3.05) is 16.8 Å². The van der Waals surface area contributed by atoms with E-state index < -0.39 is 0 Å². The number of thioether (sulfide) groups is 1. The molecule has 2 rings (SSSR count). The molecule has 1 aliphatic rings. The molecule has 70 valence electrons. The highest BCUT2D eigenvalue weighted by Crippen LogP contribution is 2.22. The molecular weight excluding hydrogens is 293 g/mol. The van der Waals surface area contributed by atoms with Crippen LogP contribution in [-0.2, 0) is 0 Å². The van der Waals surface area contributed by atoms with E-state index in [1.54, 1.807) is 0 Å². The number of hydrogen-bond donors (Lipinski definition) is 1. The molecule has 1 aromatic carbocycles. The Labute approximate surface area is 96.8 Å². The van der Waals surface area contributed by atoms with Crippen molar-refractivity contribution in [1.82, 2.24) is 0 Å². The monoisotopic (exact) mass is 305 g/mol. The molecule has 1 fully saturated rings. The third-order valence-electron chi connectivity index (χ3n) is 2.13. The van der Waals surface area contributed by atoms with Crippen molar-refractivity contribution in [1.29, 1.82) is 0 Å². The van der Waals surface area contributed by atoms with Crippen LogP contribution in [0.4, 0.5) is 5.69 Å². The van der Waals surface area contributed by atoms with Gasteiger partial charge in [0.15, 0.2) is 0 Å². The summed E-state index contributed by atoms with van der Waals surface area (Å²) >= 11 is 4.39. The molecule has 1 aliphatic heterocycles. The lowest BCUT2D eigenvalue weighted by atomic mass is 10.2. The van der Waals surface area contributed by atoms with Gasteiger partial charge in [0.05, 0.1) is 0 Å². The fourth-order valence-electron chi connectivity index (χ4n) is 1.46. The minimum absolute atomic E-state index is 0.684. The van der Waals surface area contributed by atoms with Crippen molar-refractivity contribution in [2.45, 2.75) is 12.5 Å². The highest BCUT2D eigenvalue weighted by molar-refractivity contribution is 14.1. The van der Waals surface area contributed by atoms with Crippen LogP contribution in [0.1, 0.15) is 6.42 Å². The van der Waals surface area contributed by atoms with Gasteiger partial charge in [0.1, 0.15) is 0 Å². The van der Waals surface area contributed by atoms with Gasteiger partial charge < -0.3 is 5.32 Å². The van der Waals surface area contributed by atoms with Crippen LogP contribution in [0.15, 0.2) is 24.3 Å². The molecule has 1 heterocycles. The Morgan fingerprint density at radius 2 is 2.38 bits per heavy atom. The van der Waals surface area contributed by atoms with E-state index in [4.69, 9.17) is 0 Å². The molecule has 0 amide bonds. The van der Waals surface area contributed by atoms with Crippen LogP contribution < -0.4 is 5.32 Å². The van der Waals surface area contributed by atoms with Crippen LogP contribution in [0.5, 0.6) is 0 Å². The van der Waals surface area contributed by atoms with Gasteiger partial charge in [-0.15, -0.1) is 0 Å². The van der Waals surface area contributed by atoms with E-state index in [-0.39, 0.29) is 0 Å². The summed E-state index contributed by atoms with van der Waals surface area (Å²) in [7, 11) is 0. The molecule has 1 nitrogen and oxygen atoms in total. The third-order valence-corrected chi connectivity index (χ3v) is 3.96. The van der Waals surface area contributed by atoms with Crippen molar-refractivity contribution >= 4 is 40.0 Å². The molecule has 13 heavy (non-hydrogen) atoms. The SMILES string of the molecule is Ic1cccc(N[C@@H]2CCSC2)c1. The number of hydrogen-bond acceptors (Lipinski definition) is 2. The highest BCUT2D eigenvalue weighted by Gasteiger charge is 2.14. The van der Waals surface area contributed by atoms with E-state index in [2.05, 4.69) is 52.2 Å². The second-order valence-electron chi connectivity index (χ2n) is 3.22. The molecule has 0 saturated carbocycles. The Kier molecular flexibility index (Phi) is 3.38. The van der Waals surface area contributed by atoms with Gasteiger partial charge >= 0.3 is 0 Å². The Balaban J connectivity index is 2.00. The average molecular weight is 305 g/mol. The lowest BCUT2D eigenvalue weighted by Gasteiger charge is -2.12. The zero-order valence-corrected chi connectivity index (χ0v) is 10.3. The van der Waals surface area contributed by atoms with Crippen molar-refractivity contribution in [3.63, 3.8) is 0 Å². The molecule has 0 aromatic heterocycles. The van der Waals surface area contributed by atoms with E-state index >= 15 is 0 Å². The first-order valence-electron chi connectivity index (χ1n) is 4.44. The van der Waals surface area contributed by atoms with Gasteiger partial charge in [-0.1, -0.05) is 6.07 Å². The minimum atomic E-state index is 0.684. The van der Waals surface area contributed by atoms with E-state index in [0.29, 0.717) is 6.04 Å². The predicted molar refractivity (Wildman–Crippen MR) is 68.5 cm³/mol. The van der Waals surface area contributed by atoms with Crippen LogP contribution in [0.2, 0.25) is 0 Å². The summed E-state index contributed by atoms with van der Waals surface area (Å²) in [6.07, 6.45) is 1.30. The summed E-state index contributed by atoms with van der Waals surface area (Å²) < 4.78 is 1.30. The molecule has 1 N–H and O–H groups in total. The van der Waals surface area contributed by atoms with Crippen LogP contribution in [0.25, 0.3) is 0 Å². The first-order valence-corrected chi connectivity index (χ1v) is 6.68. The number of rotatable bonds is 2. The van der Waals surface area contributed by atoms with Gasteiger partial charge in [0.2, 0.25) is 0 Å². The maximum atomic E-state index is 3.56. The minimum Gasteiger partial charge on any atom is -0.381 e. The summed E-state index contributed by atoms with van der Waals surface area (Å²) in [5, 5.41) is 3.56. The summed E-state index contributed by atoms with van der Waals surface area (Å²) in [5.74, 6) is 2.56. The van der Waals surface area contributed by atoms with Crippen LogP contribution in [-0.4, -0.2) is 17.5 Å². The summed E-state index contributed by atoms with van der Waals surface area (Å²) in [6.45, 7) is 0. The standard InChI is InChI=1S/C10H12INS/c11-8-2-1-3-9(6-8)12-10-4-5-13-7-10/h1-3,6,10,12H,4-5,7H2/t10-/m1/s1. The largest absolute Gasteiger partial charge is 0.381 e. The molecule has 0 radical (unpaired) electrons. The maximum Gasteiger partial charge on any atom is 0.0359 e. The highest BCUT2D eigenvalue weighted by atomic mass is 127. The summed E-state index contributed by atoms with van der Waals surface area (Å²) in [4.78, 5) is 0. The first-order chi connectivity index (χ1) is 6.34. The zero-order valence-electron chi connectivity index (χ0n) is 7.29. The van der Waals surface area contributed by atoms with Crippen LogP contribution in [0.3, 0.4) is 0 Å². The quantitative estimate of drug-likeness (QED) is 0.842. The Bertz CT molecular complexity index is 284. The Hall–Kier alpha value is 0.1000. The van der Waals surface area contributed by atoms with Gasteiger partial charge in [-0.25, -0.2) is 0 Å². The van der Waals surface area contributed by atoms with Crippen molar-refractivity contribution in [3.8, 4) is 0 Å². The molecule has 0 unspecified atom stereocenters. The smallest absolute Gasteiger partial charge is 0.0359 e. The predicted octanol–water partition coefficient (Wildman–Crippen LogP) is 3.21. The van der Waals surface area contributed by atoms with Crippen molar-refractivity contribution in [3.05, 3.63) is 27.8 Å². The van der Waals surface area contributed by atoms with Gasteiger partial charge in [-0.2, -0.15) is 11.8 Å². The van der Waals surface area contributed by atoms with Crippen LogP contribution >= 0.6 is 34.4 Å². The molecule has 1 saturated heterocycles. The number of benzene rings is 1.